The zero-order valence-corrected chi connectivity index (χ0v) is 13.4. The monoisotopic (exact) mass is 343 g/mol. The van der Waals surface area contributed by atoms with Gasteiger partial charge in [-0.25, -0.2) is 14.2 Å². The van der Waals surface area contributed by atoms with Crippen molar-refractivity contribution in [2.75, 3.05) is 5.32 Å². The fraction of sp³-hybridized carbons (Fsp3) is 0.0588. The number of anilines is 2. The summed E-state index contributed by atoms with van der Waals surface area (Å²) in [7, 11) is 0. The van der Waals surface area contributed by atoms with Crippen LogP contribution in [0.3, 0.4) is 0 Å². The van der Waals surface area contributed by atoms with E-state index < -0.39 is 11.7 Å². The van der Waals surface area contributed by atoms with Crippen molar-refractivity contribution in [3.63, 3.8) is 0 Å². The van der Waals surface area contributed by atoms with E-state index in [1.54, 1.807) is 19.1 Å². The highest BCUT2D eigenvalue weighted by Crippen LogP contribution is 2.29. The van der Waals surface area contributed by atoms with Crippen LogP contribution in [0.5, 0.6) is 5.75 Å². The van der Waals surface area contributed by atoms with E-state index in [0.717, 1.165) is 5.56 Å². The zero-order chi connectivity index (χ0) is 17.3. The van der Waals surface area contributed by atoms with Crippen LogP contribution in [0.15, 0.2) is 41.8 Å². The van der Waals surface area contributed by atoms with Crippen molar-refractivity contribution in [3.8, 4) is 17.0 Å². The molecule has 0 bridgehead atoms. The number of nitrogens with zero attached hydrogens (tertiary/aromatic N) is 1. The molecule has 0 aliphatic heterocycles. The second kappa shape index (κ2) is 6.29. The highest BCUT2D eigenvalue weighted by molar-refractivity contribution is 7.14. The first-order chi connectivity index (χ1) is 11.4. The van der Waals surface area contributed by atoms with Gasteiger partial charge in [0.05, 0.1) is 11.3 Å². The Labute approximate surface area is 141 Å². The van der Waals surface area contributed by atoms with E-state index in [2.05, 4.69) is 10.3 Å². The number of nitrogens with one attached hydrogen (secondary N) is 1. The molecule has 122 valence electrons. The summed E-state index contributed by atoms with van der Waals surface area (Å²) < 4.78 is 13.3. The molecular formula is C17H12FN2O3S-. The Bertz CT molecular complexity index is 924. The number of hydrogen-bond acceptors (Lipinski definition) is 5. The van der Waals surface area contributed by atoms with E-state index in [4.69, 9.17) is 5.11 Å². The Morgan fingerprint density at radius 3 is 2.79 bits per heavy atom. The van der Waals surface area contributed by atoms with Crippen LogP contribution in [-0.2, 0) is 0 Å². The van der Waals surface area contributed by atoms with Crippen molar-refractivity contribution in [2.45, 2.75) is 6.92 Å². The SMILES string of the molecule is Cc1cc(-c2csc(Nc3ccc([O-])c(C(=O)O)c3)n2)ccc1F. The van der Waals surface area contributed by atoms with Gasteiger partial charge in [-0.05, 0) is 42.8 Å². The molecule has 0 atom stereocenters. The second-order valence-corrected chi connectivity index (χ2v) is 6.00. The molecule has 0 radical (unpaired) electrons. The number of aryl methyl sites for hydroxylation is 1. The van der Waals surface area contributed by atoms with Crippen molar-refractivity contribution in [1.82, 2.24) is 4.98 Å². The summed E-state index contributed by atoms with van der Waals surface area (Å²) in [5.41, 5.74) is 2.17. The van der Waals surface area contributed by atoms with Crippen LogP contribution in [-0.4, -0.2) is 16.1 Å². The molecule has 0 saturated carbocycles. The van der Waals surface area contributed by atoms with E-state index in [0.29, 0.717) is 22.1 Å². The molecule has 0 unspecified atom stereocenters. The number of halogens is 1. The first kappa shape index (κ1) is 15.9. The first-order valence-electron chi connectivity index (χ1n) is 6.97. The molecule has 0 saturated heterocycles. The Morgan fingerprint density at radius 2 is 2.08 bits per heavy atom. The topological polar surface area (TPSA) is 85.3 Å². The van der Waals surface area contributed by atoms with E-state index >= 15 is 0 Å². The highest BCUT2D eigenvalue weighted by atomic mass is 32.1. The smallest absolute Gasteiger partial charge is 0.335 e. The average Bonchev–Trinajstić information content (AvgIpc) is 3.00. The third-order valence-electron chi connectivity index (χ3n) is 3.42. The molecule has 0 fully saturated rings. The minimum absolute atomic E-state index is 0.272. The van der Waals surface area contributed by atoms with Gasteiger partial charge in [-0.15, -0.1) is 11.3 Å². The van der Waals surface area contributed by atoms with E-state index in [9.17, 15) is 14.3 Å². The van der Waals surface area contributed by atoms with Gasteiger partial charge < -0.3 is 15.5 Å². The summed E-state index contributed by atoms with van der Waals surface area (Å²) in [6.07, 6.45) is 0. The Balaban J connectivity index is 1.85. The zero-order valence-electron chi connectivity index (χ0n) is 12.5. The summed E-state index contributed by atoms with van der Waals surface area (Å²) in [5, 5.41) is 25.8. The molecule has 0 aliphatic carbocycles. The van der Waals surface area contributed by atoms with Crippen molar-refractivity contribution < 1.29 is 19.4 Å². The summed E-state index contributed by atoms with van der Waals surface area (Å²) in [5.74, 6) is -2.09. The number of carbonyl (C=O) groups is 1. The van der Waals surface area contributed by atoms with Gasteiger partial charge in [0.15, 0.2) is 5.13 Å². The number of rotatable bonds is 4. The van der Waals surface area contributed by atoms with Crippen LogP contribution in [0.25, 0.3) is 11.3 Å². The summed E-state index contributed by atoms with van der Waals surface area (Å²) >= 11 is 1.33. The van der Waals surface area contributed by atoms with E-state index in [-0.39, 0.29) is 11.4 Å². The quantitative estimate of drug-likeness (QED) is 0.753. The molecule has 24 heavy (non-hydrogen) atoms. The summed E-state index contributed by atoms with van der Waals surface area (Å²) in [6, 6.07) is 8.72. The number of carboxylic acids is 1. The maximum atomic E-state index is 13.3. The van der Waals surface area contributed by atoms with Gasteiger partial charge in [-0.3, -0.25) is 0 Å². The van der Waals surface area contributed by atoms with Gasteiger partial charge in [0.2, 0.25) is 0 Å². The predicted octanol–water partition coefficient (Wildman–Crippen LogP) is 3.77. The van der Waals surface area contributed by atoms with Crippen molar-refractivity contribution >= 4 is 28.1 Å². The lowest BCUT2D eigenvalue weighted by Gasteiger charge is -2.11. The third-order valence-corrected chi connectivity index (χ3v) is 4.18. The Kier molecular flexibility index (Phi) is 4.18. The van der Waals surface area contributed by atoms with Crippen LogP contribution >= 0.6 is 11.3 Å². The summed E-state index contributed by atoms with van der Waals surface area (Å²) in [4.78, 5) is 15.4. The van der Waals surface area contributed by atoms with Gasteiger partial charge in [0, 0.05) is 16.6 Å². The van der Waals surface area contributed by atoms with Gasteiger partial charge in [0.1, 0.15) is 5.82 Å². The summed E-state index contributed by atoms with van der Waals surface area (Å²) in [6.45, 7) is 1.68. The lowest BCUT2D eigenvalue weighted by atomic mass is 10.1. The lowest BCUT2D eigenvalue weighted by molar-refractivity contribution is -0.268. The molecule has 3 rings (SSSR count). The fourth-order valence-electron chi connectivity index (χ4n) is 2.17. The van der Waals surface area contributed by atoms with Gasteiger partial charge >= 0.3 is 5.97 Å². The van der Waals surface area contributed by atoms with Crippen LogP contribution in [0.1, 0.15) is 15.9 Å². The standard InChI is InChI=1S/C17H13FN2O3S/c1-9-6-10(2-4-13(9)18)14-8-24-17(20-14)19-11-3-5-15(21)12(7-11)16(22)23/h2-8,21H,1H3,(H,19,20)(H,22,23)/p-1. The molecule has 2 N–H and O–H groups in total. The van der Waals surface area contributed by atoms with Crippen LogP contribution in [0.2, 0.25) is 0 Å². The van der Waals surface area contributed by atoms with Crippen molar-refractivity contribution in [3.05, 3.63) is 58.7 Å². The second-order valence-electron chi connectivity index (χ2n) is 5.14. The molecular weight excluding hydrogens is 331 g/mol. The third kappa shape index (κ3) is 3.21. The maximum absolute atomic E-state index is 13.3. The van der Waals surface area contributed by atoms with Crippen LogP contribution in [0, 0.1) is 12.7 Å². The van der Waals surface area contributed by atoms with Crippen LogP contribution in [0.4, 0.5) is 15.2 Å². The number of aromatic nitrogens is 1. The number of aromatic carboxylic acids is 1. The average molecular weight is 343 g/mol. The molecule has 0 spiro atoms. The first-order valence-corrected chi connectivity index (χ1v) is 7.85. The van der Waals surface area contributed by atoms with Crippen molar-refractivity contribution in [2.24, 2.45) is 0 Å². The maximum Gasteiger partial charge on any atom is 0.335 e. The molecule has 7 heteroatoms. The van der Waals surface area contributed by atoms with Crippen molar-refractivity contribution in [1.29, 1.82) is 0 Å². The molecule has 5 nitrogen and oxygen atoms in total. The predicted molar refractivity (Wildman–Crippen MR) is 88.4 cm³/mol. The molecule has 2 aromatic carbocycles. The minimum atomic E-state index is -1.27. The normalized spacial score (nSPS) is 10.6. The van der Waals surface area contributed by atoms with Gasteiger partial charge in [-0.2, -0.15) is 0 Å². The van der Waals surface area contributed by atoms with E-state index in [1.807, 2.05) is 5.38 Å². The van der Waals surface area contributed by atoms with E-state index in [1.165, 1.54) is 35.6 Å². The van der Waals surface area contributed by atoms with Gasteiger partial charge in [0.25, 0.3) is 0 Å². The molecule has 0 amide bonds. The number of carboxylic acid groups (broad SMARTS) is 1. The number of hydrogen-bond donors (Lipinski definition) is 2. The molecule has 3 aromatic rings. The fourth-order valence-corrected chi connectivity index (χ4v) is 2.91. The van der Waals surface area contributed by atoms with Crippen LogP contribution < -0.4 is 10.4 Å². The number of thiazole rings is 1. The highest BCUT2D eigenvalue weighted by Gasteiger charge is 2.09. The largest absolute Gasteiger partial charge is 0.872 e. The minimum Gasteiger partial charge on any atom is -0.872 e. The van der Waals surface area contributed by atoms with Gasteiger partial charge in [-0.1, -0.05) is 11.8 Å². The molecule has 1 aromatic heterocycles. The lowest BCUT2D eigenvalue weighted by Crippen LogP contribution is -2.04. The number of benzene rings is 2. The Hall–Kier alpha value is -2.93. The Morgan fingerprint density at radius 1 is 1.29 bits per heavy atom. The molecule has 1 heterocycles. The molecule has 0 aliphatic rings.